The summed E-state index contributed by atoms with van der Waals surface area (Å²) in [4.78, 5) is 27.1. The number of nitrogens with zero attached hydrogens (tertiary/aromatic N) is 3. The Morgan fingerprint density at radius 2 is 1.95 bits per heavy atom. The van der Waals surface area contributed by atoms with Gasteiger partial charge < -0.3 is 4.57 Å². The van der Waals surface area contributed by atoms with Gasteiger partial charge in [0.05, 0.1) is 16.0 Å². The molecule has 0 aliphatic heterocycles. The first-order chi connectivity index (χ1) is 10.1. The summed E-state index contributed by atoms with van der Waals surface area (Å²) in [6.07, 6.45) is 0. The molecule has 0 aliphatic rings. The summed E-state index contributed by atoms with van der Waals surface area (Å²) in [5.74, 6) is -0.0749. The molecule has 0 unspecified atom stereocenters. The van der Waals surface area contributed by atoms with Crippen molar-refractivity contribution in [2.75, 3.05) is 0 Å². The van der Waals surface area contributed by atoms with Crippen LogP contribution < -0.4 is 0 Å². The third-order valence-corrected chi connectivity index (χ3v) is 3.31. The molecule has 6 nitrogen and oxygen atoms in total. The molecule has 1 aromatic heterocycles. The third kappa shape index (κ3) is 2.16. The van der Waals surface area contributed by atoms with Crippen LogP contribution in [0, 0.1) is 10.1 Å². The van der Waals surface area contributed by atoms with E-state index in [-0.39, 0.29) is 22.9 Å². The molecule has 0 spiro atoms. The quantitative estimate of drug-likeness (QED) is 0.420. The van der Waals surface area contributed by atoms with Gasteiger partial charge in [0, 0.05) is 24.7 Å². The number of carbonyl (C=O) groups excluding carboxylic acids is 1. The number of aromatic nitrogens is 2. The number of imidazole rings is 1. The van der Waals surface area contributed by atoms with Crippen molar-refractivity contribution < 1.29 is 9.72 Å². The minimum Gasteiger partial charge on any atom is -0.324 e. The number of hydrogen-bond donors (Lipinski definition) is 0. The monoisotopic (exact) mass is 281 g/mol. The Hall–Kier alpha value is -3.02. The van der Waals surface area contributed by atoms with Gasteiger partial charge in [0.25, 0.3) is 5.69 Å². The van der Waals surface area contributed by atoms with Crippen LogP contribution in [-0.4, -0.2) is 20.3 Å². The van der Waals surface area contributed by atoms with Gasteiger partial charge in [0.1, 0.15) is 0 Å². The predicted molar refractivity (Wildman–Crippen MR) is 77.2 cm³/mol. The zero-order chi connectivity index (χ0) is 15.0. The molecule has 0 saturated carbocycles. The molecule has 21 heavy (non-hydrogen) atoms. The lowest BCUT2D eigenvalue weighted by Gasteiger charge is -2.02. The molecule has 0 saturated heterocycles. The highest BCUT2D eigenvalue weighted by atomic mass is 16.6. The van der Waals surface area contributed by atoms with Crippen LogP contribution >= 0.6 is 0 Å². The van der Waals surface area contributed by atoms with Crippen molar-refractivity contribution in [3.05, 3.63) is 70.0 Å². The Bertz CT molecular complexity index is 867. The number of fused-ring (bicyclic) bond motifs is 1. The van der Waals surface area contributed by atoms with Crippen LogP contribution in [0.25, 0.3) is 11.0 Å². The molecule has 0 radical (unpaired) electrons. The topological polar surface area (TPSA) is 78.0 Å². The molecule has 3 aromatic rings. The summed E-state index contributed by atoms with van der Waals surface area (Å²) in [6.45, 7) is 0. The predicted octanol–water partition coefficient (Wildman–Crippen LogP) is 2.71. The maximum absolute atomic E-state index is 12.5. The van der Waals surface area contributed by atoms with Crippen LogP contribution in [0.2, 0.25) is 0 Å². The van der Waals surface area contributed by atoms with Gasteiger partial charge in [0.15, 0.2) is 5.82 Å². The molecule has 3 rings (SSSR count). The van der Waals surface area contributed by atoms with Gasteiger partial charge in [-0.2, -0.15) is 0 Å². The molecule has 104 valence electrons. The van der Waals surface area contributed by atoms with E-state index in [9.17, 15) is 14.9 Å². The second-order valence-corrected chi connectivity index (χ2v) is 4.62. The van der Waals surface area contributed by atoms with Gasteiger partial charge in [-0.05, 0) is 12.1 Å². The van der Waals surface area contributed by atoms with E-state index in [1.165, 1.54) is 18.2 Å². The first kappa shape index (κ1) is 13.0. The van der Waals surface area contributed by atoms with Crippen LogP contribution in [0.5, 0.6) is 0 Å². The molecule has 0 atom stereocenters. The SMILES string of the molecule is Cn1c(C(=O)c2cccc([N+](=O)[O-])c2)nc2ccccc21. The Labute approximate surface area is 119 Å². The smallest absolute Gasteiger partial charge is 0.270 e. The number of carbonyl (C=O) groups is 1. The van der Waals surface area contributed by atoms with E-state index in [1.54, 1.807) is 17.7 Å². The van der Waals surface area contributed by atoms with Crippen molar-refractivity contribution in [1.82, 2.24) is 9.55 Å². The van der Waals surface area contributed by atoms with E-state index in [4.69, 9.17) is 0 Å². The summed E-state index contributed by atoms with van der Waals surface area (Å²) < 4.78 is 1.69. The molecule has 2 aromatic carbocycles. The second-order valence-electron chi connectivity index (χ2n) is 4.62. The number of rotatable bonds is 3. The standard InChI is InChI=1S/C15H11N3O3/c1-17-13-8-3-2-7-12(13)16-15(17)14(19)10-5-4-6-11(9-10)18(20)21/h2-9H,1H3. The Morgan fingerprint density at radius 3 is 2.67 bits per heavy atom. The lowest BCUT2D eigenvalue weighted by molar-refractivity contribution is -0.384. The third-order valence-electron chi connectivity index (χ3n) is 3.31. The molecule has 0 fully saturated rings. The number of aryl methyl sites for hydroxylation is 1. The molecule has 0 N–H and O–H groups in total. The van der Waals surface area contributed by atoms with Crippen molar-refractivity contribution in [1.29, 1.82) is 0 Å². The highest BCUT2D eigenvalue weighted by Gasteiger charge is 2.19. The Kier molecular flexibility index (Phi) is 2.98. The van der Waals surface area contributed by atoms with Crippen molar-refractivity contribution >= 4 is 22.5 Å². The Morgan fingerprint density at radius 1 is 1.19 bits per heavy atom. The first-order valence-electron chi connectivity index (χ1n) is 6.28. The zero-order valence-corrected chi connectivity index (χ0v) is 11.2. The summed E-state index contributed by atoms with van der Waals surface area (Å²) in [5, 5.41) is 10.8. The number of nitro groups is 1. The average Bonchev–Trinajstić information content (AvgIpc) is 2.84. The van der Waals surface area contributed by atoms with E-state index in [2.05, 4.69) is 4.98 Å². The van der Waals surface area contributed by atoms with Crippen LogP contribution in [-0.2, 0) is 7.05 Å². The summed E-state index contributed by atoms with van der Waals surface area (Å²) in [7, 11) is 1.75. The van der Waals surface area contributed by atoms with Crippen LogP contribution in [0.15, 0.2) is 48.5 Å². The van der Waals surface area contributed by atoms with Crippen molar-refractivity contribution in [3.8, 4) is 0 Å². The fourth-order valence-electron chi connectivity index (χ4n) is 2.24. The Balaban J connectivity index is 2.10. The minimum absolute atomic E-state index is 0.111. The van der Waals surface area contributed by atoms with E-state index >= 15 is 0 Å². The molecule has 6 heteroatoms. The van der Waals surface area contributed by atoms with Gasteiger partial charge >= 0.3 is 0 Å². The van der Waals surface area contributed by atoms with Crippen molar-refractivity contribution in [3.63, 3.8) is 0 Å². The van der Waals surface area contributed by atoms with Gasteiger partial charge in [-0.25, -0.2) is 4.98 Å². The summed E-state index contributed by atoms with van der Waals surface area (Å²) in [5.41, 5.74) is 1.70. The maximum Gasteiger partial charge on any atom is 0.270 e. The van der Waals surface area contributed by atoms with Gasteiger partial charge in [-0.3, -0.25) is 14.9 Å². The minimum atomic E-state index is -0.522. The molecular weight excluding hydrogens is 270 g/mol. The normalized spacial score (nSPS) is 10.7. The number of non-ortho nitro benzene ring substituents is 1. The summed E-state index contributed by atoms with van der Waals surface area (Å²) >= 11 is 0. The second kappa shape index (κ2) is 4.82. The van der Waals surface area contributed by atoms with E-state index in [0.29, 0.717) is 5.52 Å². The maximum atomic E-state index is 12.5. The van der Waals surface area contributed by atoms with Gasteiger partial charge in [-0.1, -0.05) is 24.3 Å². The van der Waals surface area contributed by atoms with Gasteiger partial charge in [0.2, 0.25) is 5.78 Å². The lowest BCUT2D eigenvalue weighted by atomic mass is 10.1. The van der Waals surface area contributed by atoms with E-state index < -0.39 is 4.92 Å². The van der Waals surface area contributed by atoms with Crippen LogP contribution in [0.3, 0.4) is 0 Å². The molecular formula is C15H11N3O3. The zero-order valence-electron chi connectivity index (χ0n) is 11.2. The molecule has 0 aliphatic carbocycles. The van der Waals surface area contributed by atoms with Crippen molar-refractivity contribution in [2.24, 2.45) is 7.05 Å². The largest absolute Gasteiger partial charge is 0.324 e. The van der Waals surface area contributed by atoms with Crippen LogP contribution in [0.4, 0.5) is 5.69 Å². The van der Waals surface area contributed by atoms with Crippen molar-refractivity contribution in [2.45, 2.75) is 0 Å². The molecule has 0 amide bonds. The van der Waals surface area contributed by atoms with E-state index in [0.717, 1.165) is 5.52 Å². The average molecular weight is 281 g/mol. The number of nitro benzene ring substituents is 1. The summed E-state index contributed by atoms with van der Waals surface area (Å²) in [6, 6.07) is 13.1. The fraction of sp³-hybridized carbons (Fsp3) is 0.0667. The number of hydrogen-bond acceptors (Lipinski definition) is 4. The highest BCUT2D eigenvalue weighted by molar-refractivity contribution is 6.08. The number of para-hydroxylation sites is 2. The van der Waals surface area contributed by atoms with E-state index in [1.807, 2.05) is 24.3 Å². The molecule has 0 bridgehead atoms. The lowest BCUT2D eigenvalue weighted by Crippen LogP contribution is -2.09. The first-order valence-corrected chi connectivity index (χ1v) is 6.28. The number of ketones is 1. The fourth-order valence-corrected chi connectivity index (χ4v) is 2.24. The molecule has 1 heterocycles. The van der Waals surface area contributed by atoms with Gasteiger partial charge in [-0.15, -0.1) is 0 Å². The highest BCUT2D eigenvalue weighted by Crippen LogP contribution is 2.19. The van der Waals surface area contributed by atoms with Crippen LogP contribution in [0.1, 0.15) is 16.2 Å². The number of benzene rings is 2.